The summed E-state index contributed by atoms with van der Waals surface area (Å²) in [6.07, 6.45) is 0.631. The molecule has 2 N–H and O–H groups in total. The molecule has 22 heavy (non-hydrogen) atoms. The number of nitrogens with one attached hydrogen (secondary N) is 2. The minimum atomic E-state index is -0.155. The van der Waals surface area contributed by atoms with Gasteiger partial charge in [0.25, 0.3) is 0 Å². The molecule has 0 aromatic heterocycles. The number of carbonyl (C=O) groups is 1. The molecule has 0 radical (unpaired) electrons. The third-order valence-electron chi connectivity index (χ3n) is 3.60. The van der Waals surface area contributed by atoms with Gasteiger partial charge in [0.15, 0.2) is 0 Å². The molecule has 1 heterocycles. The van der Waals surface area contributed by atoms with Crippen molar-refractivity contribution in [1.29, 1.82) is 0 Å². The molecule has 0 aliphatic carbocycles. The maximum Gasteiger partial charge on any atom is 0.326 e. The average molecular weight is 311 g/mol. The number of urea groups is 1. The highest BCUT2D eigenvalue weighted by Gasteiger charge is 2.28. The number of hydrogen-bond acceptors (Lipinski definition) is 2. The summed E-state index contributed by atoms with van der Waals surface area (Å²) < 4.78 is 0. The first-order valence-electron chi connectivity index (χ1n) is 7.19. The second kappa shape index (κ2) is 6.15. The highest BCUT2D eigenvalue weighted by molar-refractivity contribution is 7.80. The van der Waals surface area contributed by atoms with Gasteiger partial charge in [0.2, 0.25) is 0 Å². The largest absolute Gasteiger partial charge is 0.348 e. The number of fused-ring (bicyclic) bond motifs is 1. The highest BCUT2D eigenvalue weighted by atomic mass is 32.1. The Labute approximate surface area is 135 Å². The highest BCUT2D eigenvalue weighted by Crippen LogP contribution is 2.32. The lowest BCUT2D eigenvalue weighted by Crippen LogP contribution is -2.41. The summed E-state index contributed by atoms with van der Waals surface area (Å²) in [5.74, 6) is 0. The van der Waals surface area contributed by atoms with E-state index in [2.05, 4.69) is 10.6 Å². The van der Waals surface area contributed by atoms with Crippen molar-refractivity contribution in [2.75, 3.05) is 15.5 Å². The average Bonchev–Trinajstić information content (AvgIpc) is 2.62. The minimum Gasteiger partial charge on any atom is -0.348 e. The van der Waals surface area contributed by atoms with E-state index in [-0.39, 0.29) is 12.1 Å². The van der Waals surface area contributed by atoms with Crippen LogP contribution in [0.1, 0.15) is 13.3 Å². The van der Waals surface area contributed by atoms with Gasteiger partial charge in [-0.1, -0.05) is 42.5 Å². The van der Waals surface area contributed by atoms with Crippen molar-refractivity contribution in [3.8, 4) is 0 Å². The molecule has 4 nitrogen and oxygen atoms in total. The molecule has 3 rings (SSSR count). The Bertz CT molecular complexity index is 702. The summed E-state index contributed by atoms with van der Waals surface area (Å²) >= 11 is 5.35. The van der Waals surface area contributed by atoms with Crippen LogP contribution in [0.2, 0.25) is 0 Å². The molecule has 2 aromatic rings. The van der Waals surface area contributed by atoms with Crippen molar-refractivity contribution < 1.29 is 4.79 Å². The quantitative estimate of drug-likeness (QED) is 0.774. The number of carbonyl (C=O) groups excluding carboxylic acids is 1. The molecule has 0 spiro atoms. The Morgan fingerprint density at radius 3 is 2.64 bits per heavy atom. The van der Waals surface area contributed by atoms with E-state index in [4.69, 9.17) is 12.2 Å². The van der Waals surface area contributed by atoms with E-state index in [9.17, 15) is 4.79 Å². The van der Waals surface area contributed by atoms with Crippen molar-refractivity contribution in [2.45, 2.75) is 19.4 Å². The molecule has 1 aliphatic heterocycles. The van der Waals surface area contributed by atoms with E-state index >= 15 is 0 Å². The lowest BCUT2D eigenvalue weighted by atomic mass is 10.2. The van der Waals surface area contributed by atoms with E-state index in [1.165, 1.54) is 0 Å². The van der Waals surface area contributed by atoms with E-state index < -0.39 is 0 Å². The van der Waals surface area contributed by atoms with E-state index in [1.54, 1.807) is 4.90 Å². The van der Waals surface area contributed by atoms with Gasteiger partial charge in [-0.15, -0.1) is 0 Å². The fourth-order valence-corrected chi connectivity index (χ4v) is 2.95. The van der Waals surface area contributed by atoms with Crippen LogP contribution in [0.3, 0.4) is 0 Å². The first kappa shape index (κ1) is 14.5. The topological polar surface area (TPSA) is 44.4 Å². The zero-order valence-electron chi connectivity index (χ0n) is 12.2. The zero-order valence-corrected chi connectivity index (χ0v) is 13.1. The summed E-state index contributed by atoms with van der Waals surface area (Å²) in [6, 6.07) is 17.0. The number of amides is 2. The van der Waals surface area contributed by atoms with Gasteiger partial charge in [0.05, 0.1) is 16.4 Å². The Morgan fingerprint density at radius 1 is 1.18 bits per heavy atom. The smallest absolute Gasteiger partial charge is 0.326 e. The number of anilines is 3. The third-order valence-corrected chi connectivity index (χ3v) is 3.87. The molecule has 1 atom stereocenters. The molecular weight excluding hydrogens is 294 g/mol. The lowest BCUT2D eigenvalue weighted by Gasteiger charge is -2.28. The van der Waals surface area contributed by atoms with Crippen LogP contribution in [0.25, 0.3) is 0 Å². The van der Waals surface area contributed by atoms with Gasteiger partial charge in [-0.25, -0.2) is 4.79 Å². The second-order valence-electron chi connectivity index (χ2n) is 5.28. The molecule has 0 bridgehead atoms. The van der Waals surface area contributed by atoms with Crippen LogP contribution >= 0.6 is 12.2 Å². The maximum atomic E-state index is 12.7. The van der Waals surface area contributed by atoms with Gasteiger partial charge in [0, 0.05) is 18.2 Å². The van der Waals surface area contributed by atoms with Crippen LogP contribution in [0.5, 0.6) is 0 Å². The fourth-order valence-electron chi connectivity index (χ4n) is 2.60. The van der Waals surface area contributed by atoms with Crippen LogP contribution in [0.4, 0.5) is 21.9 Å². The van der Waals surface area contributed by atoms with E-state index in [1.807, 2.05) is 61.5 Å². The number of benzene rings is 2. The molecule has 5 heteroatoms. The summed E-state index contributed by atoms with van der Waals surface area (Å²) in [5.41, 5.74) is 2.47. The molecule has 0 fully saturated rings. The summed E-state index contributed by atoms with van der Waals surface area (Å²) in [5, 5.41) is 6.15. The van der Waals surface area contributed by atoms with Crippen LogP contribution in [-0.2, 0) is 0 Å². The van der Waals surface area contributed by atoms with E-state index in [0.717, 1.165) is 22.1 Å². The van der Waals surface area contributed by atoms with Gasteiger partial charge >= 0.3 is 6.03 Å². The normalized spacial score (nSPS) is 17.2. The van der Waals surface area contributed by atoms with Crippen LogP contribution in [-0.4, -0.2) is 17.1 Å². The van der Waals surface area contributed by atoms with Crippen molar-refractivity contribution in [3.05, 3.63) is 54.6 Å². The molecule has 112 valence electrons. The Morgan fingerprint density at radius 2 is 1.86 bits per heavy atom. The lowest BCUT2D eigenvalue weighted by molar-refractivity contribution is 0.255. The second-order valence-corrected chi connectivity index (χ2v) is 5.78. The molecule has 1 aliphatic rings. The minimum absolute atomic E-state index is 0.0210. The molecule has 0 saturated heterocycles. The van der Waals surface area contributed by atoms with Gasteiger partial charge in [-0.3, -0.25) is 4.90 Å². The van der Waals surface area contributed by atoms with Gasteiger partial charge < -0.3 is 10.6 Å². The first-order valence-corrected chi connectivity index (χ1v) is 7.60. The predicted octanol–water partition coefficient (Wildman–Crippen LogP) is 4.26. The SMILES string of the molecule is C[C@@H]1CC(=S)Nc2ccccc2N1C(=O)Nc1ccccc1. The molecule has 2 aromatic carbocycles. The standard InChI is InChI=1S/C17H17N3OS/c1-12-11-16(22)19-14-9-5-6-10-15(14)20(12)17(21)18-13-7-3-2-4-8-13/h2-10,12H,11H2,1H3,(H,18,21)(H,19,22)/t12-/m1/s1. The Balaban J connectivity index is 1.94. The number of nitrogens with zero attached hydrogens (tertiary/aromatic N) is 1. The van der Waals surface area contributed by atoms with Gasteiger partial charge in [-0.2, -0.15) is 0 Å². The maximum absolute atomic E-state index is 12.7. The Hall–Kier alpha value is -2.40. The monoisotopic (exact) mass is 311 g/mol. The molecule has 2 amide bonds. The third kappa shape index (κ3) is 2.94. The van der Waals surface area contributed by atoms with Gasteiger partial charge in [-0.05, 0) is 31.2 Å². The summed E-state index contributed by atoms with van der Waals surface area (Å²) in [4.78, 5) is 15.2. The fraction of sp³-hybridized carbons (Fsp3) is 0.176. The predicted molar refractivity (Wildman–Crippen MR) is 94.7 cm³/mol. The molecule has 0 saturated carbocycles. The van der Waals surface area contributed by atoms with Crippen molar-refractivity contribution in [3.63, 3.8) is 0 Å². The Kier molecular flexibility index (Phi) is 4.06. The van der Waals surface area contributed by atoms with Crippen LogP contribution in [0.15, 0.2) is 54.6 Å². The van der Waals surface area contributed by atoms with Crippen LogP contribution in [0, 0.1) is 0 Å². The van der Waals surface area contributed by atoms with E-state index in [0.29, 0.717) is 6.42 Å². The zero-order chi connectivity index (χ0) is 15.5. The van der Waals surface area contributed by atoms with Crippen molar-refractivity contribution >= 4 is 40.3 Å². The number of thiocarbonyl (C=S) groups is 1. The number of para-hydroxylation sites is 3. The van der Waals surface area contributed by atoms with Crippen LogP contribution < -0.4 is 15.5 Å². The first-order chi connectivity index (χ1) is 10.6. The summed E-state index contributed by atoms with van der Waals surface area (Å²) in [7, 11) is 0. The molecular formula is C17H17N3OS. The van der Waals surface area contributed by atoms with Crippen molar-refractivity contribution in [1.82, 2.24) is 0 Å². The molecule has 0 unspecified atom stereocenters. The van der Waals surface area contributed by atoms with Gasteiger partial charge in [0.1, 0.15) is 0 Å². The van der Waals surface area contributed by atoms with Crippen molar-refractivity contribution in [2.24, 2.45) is 0 Å². The number of hydrogen-bond donors (Lipinski definition) is 2. The summed E-state index contributed by atoms with van der Waals surface area (Å²) in [6.45, 7) is 2.00. The number of rotatable bonds is 1.